The fraction of sp³-hybridized carbons (Fsp3) is 0.467. The number of aliphatic imine (C=N–C) groups is 1. The van der Waals surface area contributed by atoms with Gasteiger partial charge < -0.3 is 5.32 Å². The standard InChI is InChI=1S/C15H19N3O3S/c1-9(2)13(15(19)16-10-7-8-10)17-14-11-5-3-4-6-12(11)22(20,21)18-14/h3-6,9-10,13H,7-8H2,1-2H3,(H,16,19)(H,17,18)/t13-/m0/s1. The number of hydrogen-bond acceptors (Lipinski definition) is 4. The lowest BCUT2D eigenvalue weighted by molar-refractivity contribution is -0.123. The van der Waals surface area contributed by atoms with Crippen LogP contribution in [0.2, 0.25) is 0 Å². The molecule has 6 nitrogen and oxygen atoms in total. The summed E-state index contributed by atoms with van der Waals surface area (Å²) in [6, 6.07) is 6.30. The molecule has 1 heterocycles. The molecule has 1 fully saturated rings. The molecule has 0 bridgehead atoms. The van der Waals surface area contributed by atoms with Crippen molar-refractivity contribution in [3.63, 3.8) is 0 Å². The van der Waals surface area contributed by atoms with Gasteiger partial charge in [0, 0.05) is 11.6 Å². The summed E-state index contributed by atoms with van der Waals surface area (Å²) in [4.78, 5) is 16.9. The van der Waals surface area contributed by atoms with Crippen LogP contribution in [0.1, 0.15) is 32.3 Å². The molecule has 2 N–H and O–H groups in total. The molecule has 1 amide bonds. The summed E-state index contributed by atoms with van der Waals surface area (Å²) in [5.74, 6) is 0.0809. The van der Waals surface area contributed by atoms with Gasteiger partial charge in [-0.25, -0.2) is 8.42 Å². The first kappa shape index (κ1) is 15.0. The van der Waals surface area contributed by atoms with Crippen molar-refractivity contribution in [2.75, 3.05) is 0 Å². The monoisotopic (exact) mass is 321 g/mol. The van der Waals surface area contributed by atoms with E-state index in [4.69, 9.17) is 0 Å². The van der Waals surface area contributed by atoms with E-state index in [0.29, 0.717) is 5.56 Å². The van der Waals surface area contributed by atoms with E-state index in [1.165, 1.54) is 6.07 Å². The van der Waals surface area contributed by atoms with Gasteiger partial charge in [0.05, 0.1) is 4.90 Å². The molecule has 1 aromatic rings. The molecular formula is C15H19N3O3S. The molecule has 1 saturated carbocycles. The highest BCUT2D eigenvalue weighted by atomic mass is 32.2. The van der Waals surface area contributed by atoms with E-state index in [1.54, 1.807) is 18.2 Å². The van der Waals surface area contributed by atoms with Crippen LogP contribution < -0.4 is 10.0 Å². The van der Waals surface area contributed by atoms with Crippen LogP contribution in [0.15, 0.2) is 34.2 Å². The predicted octanol–water partition coefficient (Wildman–Crippen LogP) is 1.03. The van der Waals surface area contributed by atoms with Crippen LogP contribution in [0.25, 0.3) is 0 Å². The average Bonchev–Trinajstić information content (AvgIpc) is 3.22. The second kappa shape index (κ2) is 5.39. The summed E-state index contributed by atoms with van der Waals surface area (Å²) in [5.41, 5.74) is 0.521. The SMILES string of the molecule is CC(C)[C@H](N=C1NS(=O)(=O)c2ccccc21)C(=O)NC1CC1. The zero-order valence-corrected chi connectivity index (χ0v) is 13.4. The normalized spacial score (nSPS) is 22.2. The minimum absolute atomic E-state index is 0.0245. The van der Waals surface area contributed by atoms with Crippen molar-refractivity contribution in [2.45, 2.75) is 43.7 Å². The van der Waals surface area contributed by atoms with Crippen molar-refractivity contribution in [1.82, 2.24) is 10.0 Å². The number of sulfonamides is 1. The van der Waals surface area contributed by atoms with Gasteiger partial charge in [0.2, 0.25) is 5.91 Å². The summed E-state index contributed by atoms with van der Waals surface area (Å²) < 4.78 is 26.6. The summed E-state index contributed by atoms with van der Waals surface area (Å²) in [6.45, 7) is 3.80. The van der Waals surface area contributed by atoms with Crippen molar-refractivity contribution in [3.8, 4) is 0 Å². The molecule has 3 rings (SSSR count). The molecule has 7 heteroatoms. The average molecular weight is 321 g/mol. The number of rotatable bonds is 4. The molecule has 118 valence electrons. The van der Waals surface area contributed by atoms with Crippen LogP contribution in [-0.4, -0.2) is 32.2 Å². The van der Waals surface area contributed by atoms with Crippen molar-refractivity contribution in [3.05, 3.63) is 29.8 Å². The van der Waals surface area contributed by atoms with E-state index in [2.05, 4.69) is 15.0 Å². The quantitative estimate of drug-likeness (QED) is 0.868. The number of hydrogen-bond donors (Lipinski definition) is 2. The topological polar surface area (TPSA) is 87.6 Å². The van der Waals surface area contributed by atoms with Crippen molar-refractivity contribution < 1.29 is 13.2 Å². The van der Waals surface area contributed by atoms with Gasteiger partial charge >= 0.3 is 0 Å². The Morgan fingerprint density at radius 2 is 2.00 bits per heavy atom. The van der Waals surface area contributed by atoms with Crippen molar-refractivity contribution in [2.24, 2.45) is 10.9 Å². The smallest absolute Gasteiger partial charge is 0.263 e. The largest absolute Gasteiger partial charge is 0.352 e. The maximum atomic E-state index is 12.3. The van der Waals surface area contributed by atoms with Crippen LogP contribution in [-0.2, 0) is 14.8 Å². The fourth-order valence-electron chi connectivity index (χ4n) is 2.39. The molecule has 1 aromatic carbocycles. The summed E-state index contributed by atoms with van der Waals surface area (Å²) in [5, 5.41) is 2.93. The second-order valence-electron chi connectivity index (χ2n) is 6.05. The Hall–Kier alpha value is -1.89. The third-order valence-electron chi connectivity index (χ3n) is 3.75. The number of amidine groups is 1. The van der Waals surface area contributed by atoms with Crippen LogP contribution in [0.3, 0.4) is 0 Å². The van der Waals surface area contributed by atoms with Crippen molar-refractivity contribution in [1.29, 1.82) is 0 Å². The third-order valence-corrected chi connectivity index (χ3v) is 5.15. The Morgan fingerprint density at radius 1 is 1.32 bits per heavy atom. The first-order valence-electron chi connectivity index (χ1n) is 7.39. The Labute approximate surface area is 130 Å². The Kier molecular flexibility index (Phi) is 3.68. The Balaban J connectivity index is 1.94. The molecule has 22 heavy (non-hydrogen) atoms. The number of carbonyl (C=O) groups is 1. The molecular weight excluding hydrogens is 302 g/mol. The van der Waals surface area contributed by atoms with E-state index in [0.717, 1.165) is 12.8 Å². The molecule has 0 radical (unpaired) electrons. The Morgan fingerprint density at radius 3 is 2.64 bits per heavy atom. The van der Waals surface area contributed by atoms with Gasteiger partial charge in [-0.1, -0.05) is 26.0 Å². The lowest BCUT2D eigenvalue weighted by atomic mass is 10.0. The van der Waals surface area contributed by atoms with Gasteiger partial charge in [-0.05, 0) is 30.9 Å². The number of amides is 1. The molecule has 0 saturated heterocycles. The highest BCUT2D eigenvalue weighted by Crippen LogP contribution is 2.24. The molecule has 0 aromatic heterocycles. The molecule has 1 atom stereocenters. The first-order chi connectivity index (χ1) is 10.4. The van der Waals surface area contributed by atoms with E-state index in [-0.39, 0.29) is 28.6 Å². The zero-order chi connectivity index (χ0) is 15.9. The summed E-state index contributed by atoms with van der Waals surface area (Å²) in [6.07, 6.45) is 2.01. The van der Waals surface area contributed by atoms with Crippen LogP contribution >= 0.6 is 0 Å². The van der Waals surface area contributed by atoms with E-state index < -0.39 is 16.1 Å². The van der Waals surface area contributed by atoms with E-state index in [1.807, 2.05) is 13.8 Å². The number of fused-ring (bicyclic) bond motifs is 1. The Bertz CT molecular complexity index is 736. The van der Waals surface area contributed by atoms with Crippen LogP contribution in [0, 0.1) is 5.92 Å². The maximum Gasteiger partial charge on any atom is 0.263 e. The van der Waals surface area contributed by atoms with E-state index in [9.17, 15) is 13.2 Å². The van der Waals surface area contributed by atoms with E-state index >= 15 is 0 Å². The van der Waals surface area contributed by atoms with Crippen molar-refractivity contribution >= 4 is 21.8 Å². The molecule has 2 aliphatic rings. The second-order valence-corrected chi connectivity index (χ2v) is 7.70. The third kappa shape index (κ3) is 2.85. The summed E-state index contributed by atoms with van der Waals surface area (Å²) >= 11 is 0. The highest BCUT2D eigenvalue weighted by molar-refractivity contribution is 7.90. The predicted molar refractivity (Wildman–Crippen MR) is 83.1 cm³/mol. The molecule has 1 aliphatic heterocycles. The first-order valence-corrected chi connectivity index (χ1v) is 8.87. The van der Waals surface area contributed by atoms with Crippen LogP contribution in [0.5, 0.6) is 0 Å². The summed E-state index contributed by atoms with van der Waals surface area (Å²) in [7, 11) is -3.57. The number of nitrogens with one attached hydrogen (secondary N) is 2. The highest BCUT2D eigenvalue weighted by Gasteiger charge is 2.33. The van der Waals surface area contributed by atoms with Crippen LogP contribution in [0.4, 0.5) is 0 Å². The number of benzene rings is 1. The fourth-order valence-corrected chi connectivity index (χ4v) is 3.63. The van der Waals surface area contributed by atoms with Gasteiger partial charge in [-0.3, -0.25) is 14.5 Å². The minimum atomic E-state index is -3.57. The lowest BCUT2D eigenvalue weighted by Gasteiger charge is -2.17. The number of nitrogens with zero attached hydrogens (tertiary/aromatic N) is 1. The minimum Gasteiger partial charge on any atom is -0.352 e. The van der Waals surface area contributed by atoms with Gasteiger partial charge in [0.25, 0.3) is 10.0 Å². The lowest BCUT2D eigenvalue weighted by Crippen LogP contribution is -2.39. The maximum absolute atomic E-state index is 12.3. The molecule has 1 aliphatic carbocycles. The molecule has 0 spiro atoms. The van der Waals surface area contributed by atoms with Gasteiger partial charge in [-0.2, -0.15) is 0 Å². The van der Waals surface area contributed by atoms with Gasteiger partial charge in [0.1, 0.15) is 11.9 Å². The number of carbonyl (C=O) groups excluding carboxylic acids is 1. The molecule has 0 unspecified atom stereocenters. The van der Waals surface area contributed by atoms with Gasteiger partial charge in [-0.15, -0.1) is 0 Å². The van der Waals surface area contributed by atoms with Gasteiger partial charge in [0.15, 0.2) is 0 Å². The zero-order valence-electron chi connectivity index (χ0n) is 12.5.